The normalized spacial score (nSPS) is 13.4. The Kier molecular flexibility index (Phi) is 6.37. The Morgan fingerprint density at radius 3 is 2.75 bits per heavy atom. The maximum atomic E-state index is 12.5. The van der Waals surface area contributed by atoms with Crippen LogP contribution in [0.2, 0.25) is 0 Å². The average molecular weight is 402 g/mol. The Morgan fingerprint density at radius 1 is 1.29 bits per heavy atom. The number of non-ortho nitro benzene ring substituents is 1. The van der Waals surface area contributed by atoms with Gasteiger partial charge in [-0.15, -0.1) is 4.72 Å². The molecule has 0 spiro atoms. The summed E-state index contributed by atoms with van der Waals surface area (Å²) < 4.78 is 20.6. The fourth-order valence-corrected chi connectivity index (χ4v) is 4.12. The Labute approximate surface area is 164 Å². The van der Waals surface area contributed by atoms with Crippen LogP contribution >= 0.6 is 0 Å². The summed E-state index contributed by atoms with van der Waals surface area (Å²) in [5, 5.41) is 31.2. The molecule has 1 unspecified atom stereocenters. The number of nitro benzene ring substituents is 1. The molecule has 0 aliphatic heterocycles. The molecule has 3 rings (SSSR count). The van der Waals surface area contributed by atoms with Crippen LogP contribution in [0.1, 0.15) is 16.7 Å². The standard InChI is InChI=1S/C18H19BN2O6S/c1-12-6-13(8-15(7-12)21(24)25)11-28(26)20-18(19(22)23)9-14-10-27-17-5-3-2-4-16(14)17/h2-8,10,18,20,22-23H,9,11H2,1H3/t18-,28?/m0/s1. The molecule has 28 heavy (non-hydrogen) atoms. The first kappa shape index (κ1) is 20.4. The van der Waals surface area contributed by atoms with E-state index in [-0.39, 0.29) is 17.9 Å². The van der Waals surface area contributed by atoms with Crippen LogP contribution in [0.15, 0.2) is 53.1 Å². The molecular formula is C18H19BN2O6S. The van der Waals surface area contributed by atoms with Crippen LogP contribution in [0, 0.1) is 17.0 Å². The number of furan rings is 1. The van der Waals surface area contributed by atoms with Crippen molar-refractivity contribution in [3.63, 3.8) is 0 Å². The van der Waals surface area contributed by atoms with Crippen LogP contribution in [0.3, 0.4) is 0 Å². The minimum atomic E-state index is -1.75. The van der Waals surface area contributed by atoms with Gasteiger partial charge >= 0.3 is 7.12 Å². The first-order valence-electron chi connectivity index (χ1n) is 8.54. The lowest BCUT2D eigenvalue weighted by molar-refractivity contribution is -0.385. The Bertz CT molecular complexity index is 980. The summed E-state index contributed by atoms with van der Waals surface area (Å²) in [4.78, 5) is 10.5. The smallest absolute Gasteiger partial charge is 0.474 e. The Hall–Kier alpha value is -2.37. The summed E-state index contributed by atoms with van der Waals surface area (Å²) in [5.74, 6) is -0.903. The average Bonchev–Trinajstić information content (AvgIpc) is 3.03. The summed E-state index contributed by atoms with van der Waals surface area (Å²) >= 11 is -1.67. The first-order valence-corrected chi connectivity index (χ1v) is 9.86. The van der Waals surface area contributed by atoms with Crippen molar-refractivity contribution < 1.29 is 23.9 Å². The predicted molar refractivity (Wildman–Crippen MR) is 107 cm³/mol. The van der Waals surface area contributed by atoms with Gasteiger partial charge in [0.05, 0.1) is 17.1 Å². The number of nitro groups is 1. The Balaban J connectivity index is 1.71. The van der Waals surface area contributed by atoms with E-state index in [4.69, 9.17) is 4.42 Å². The van der Waals surface area contributed by atoms with Gasteiger partial charge in [0.1, 0.15) is 5.58 Å². The van der Waals surface area contributed by atoms with Crippen molar-refractivity contribution in [3.8, 4) is 0 Å². The van der Waals surface area contributed by atoms with Crippen LogP contribution in [0.5, 0.6) is 0 Å². The topological polar surface area (TPSA) is 132 Å². The minimum absolute atomic E-state index is 0.00211. The van der Waals surface area contributed by atoms with E-state index in [9.17, 15) is 24.7 Å². The zero-order chi connectivity index (χ0) is 20.3. The van der Waals surface area contributed by atoms with E-state index in [0.29, 0.717) is 16.7 Å². The molecular weight excluding hydrogens is 383 g/mol. The first-order chi connectivity index (χ1) is 13.3. The highest BCUT2D eigenvalue weighted by atomic mass is 32.2. The second kappa shape index (κ2) is 8.76. The molecule has 0 radical (unpaired) electrons. The number of nitrogens with zero attached hydrogens (tertiary/aromatic N) is 1. The highest BCUT2D eigenvalue weighted by Gasteiger charge is 2.30. The van der Waals surface area contributed by atoms with Gasteiger partial charge in [0.2, 0.25) is 0 Å². The van der Waals surface area contributed by atoms with E-state index in [1.807, 2.05) is 18.2 Å². The lowest BCUT2D eigenvalue weighted by Crippen LogP contribution is -2.48. The highest BCUT2D eigenvalue weighted by Crippen LogP contribution is 2.23. The summed E-state index contributed by atoms with van der Waals surface area (Å²) in [5.41, 5.74) is 2.57. The zero-order valence-corrected chi connectivity index (χ0v) is 15.9. The van der Waals surface area contributed by atoms with Gasteiger partial charge in [0.25, 0.3) is 5.69 Å². The molecule has 0 fully saturated rings. The largest absolute Gasteiger partial charge is 0.598 e. The number of nitrogens with one attached hydrogen (secondary N) is 1. The fourth-order valence-electron chi connectivity index (χ4n) is 3.03. The third kappa shape index (κ3) is 4.92. The molecule has 3 aromatic rings. The summed E-state index contributed by atoms with van der Waals surface area (Å²) in [7, 11) is -1.75. The maximum Gasteiger partial charge on any atom is 0.474 e. The minimum Gasteiger partial charge on any atom is -0.598 e. The fraction of sp³-hybridized carbons (Fsp3) is 0.222. The number of benzene rings is 2. The van der Waals surface area contributed by atoms with Crippen LogP contribution < -0.4 is 4.72 Å². The van der Waals surface area contributed by atoms with E-state index in [2.05, 4.69) is 4.72 Å². The van der Waals surface area contributed by atoms with E-state index in [1.165, 1.54) is 18.4 Å². The third-order valence-electron chi connectivity index (χ3n) is 4.27. The van der Waals surface area contributed by atoms with E-state index in [1.54, 1.807) is 19.1 Å². The van der Waals surface area contributed by atoms with Crippen LogP contribution in [-0.2, 0) is 23.5 Å². The SMILES string of the molecule is Cc1cc(C[S+]([O-])N[C@@H](Cc2coc3ccccc23)B(O)O)cc([N+](=O)[O-])c1. The summed E-state index contributed by atoms with van der Waals surface area (Å²) in [6.45, 7) is 1.72. The van der Waals surface area contributed by atoms with Crippen molar-refractivity contribution in [2.24, 2.45) is 0 Å². The van der Waals surface area contributed by atoms with Gasteiger partial charge in [-0.05, 0) is 30.5 Å². The second-order valence-electron chi connectivity index (χ2n) is 6.52. The number of para-hydroxylation sites is 1. The molecule has 10 heteroatoms. The molecule has 1 heterocycles. The zero-order valence-electron chi connectivity index (χ0n) is 15.1. The van der Waals surface area contributed by atoms with Crippen LogP contribution in [-0.4, -0.2) is 32.6 Å². The molecule has 0 aliphatic carbocycles. The van der Waals surface area contributed by atoms with Crippen molar-refractivity contribution in [1.82, 2.24) is 4.72 Å². The van der Waals surface area contributed by atoms with Crippen LogP contribution in [0.25, 0.3) is 11.0 Å². The van der Waals surface area contributed by atoms with E-state index < -0.39 is 29.3 Å². The van der Waals surface area contributed by atoms with Crippen molar-refractivity contribution >= 4 is 35.1 Å². The molecule has 1 aromatic heterocycles. The number of fused-ring (bicyclic) bond motifs is 1. The molecule has 0 saturated heterocycles. The number of rotatable bonds is 8. The van der Waals surface area contributed by atoms with Crippen molar-refractivity contribution in [1.29, 1.82) is 0 Å². The predicted octanol–water partition coefficient (Wildman–Crippen LogP) is 2.03. The summed E-state index contributed by atoms with van der Waals surface area (Å²) in [6.07, 6.45) is 1.73. The van der Waals surface area contributed by atoms with Crippen molar-refractivity contribution in [2.45, 2.75) is 25.0 Å². The Morgan fingerprint density at radius 2 is 2.04 bits per heavy atom. The highest BCUT2D eigenvalue weighted by molar-refractivity contribution is 7.88. The third-order valence-corrected chi connectivity index (χ3v) is 5.44. The van der Waals surface area contributed by atoms with E-state index >= 15 is 0 Å². The molecule has 3 N–H and O–H groups in total. The van der Waals surface area contributed by atoms with Gasteiger partial charge in [-0.1, -0.05) is 24.3 Å². The molecule has 0 saturated carbocycles. The molecule has 146 valence electrons. The second-order valence-corrected chi connectivity index (χ2v) is 7.74. The van der Waals surface area contributed by atoms with Gasteiger partial charge < -0.3 is 19.0 Å². The number of hydrogen-bond donors (Lipinski definition) is 3. The summed E-state index contributed by atoms with van der Waals surface area (Å²) in [6, 6.07) is 11.9. The van der Waals surface area contributed by atoms with Crippen molar-refractivity contribution in [3.05, 3.63) is 75.5 Å². The lowest BCUT2D eigenvalue weighted by Gasteiger charge is -2.19. The van der Waals surface area contributed by atoms with Gasteiger partial charge in [0, 0.05) is 34.4 Å². The van der Waals surface area contributed by atoms with Crippen LogP contribution in [0.4, 0.5) is 5.69 Å². The number of hydrogen-bond acceptors (Lipinski definition) is 7. The van der Waals surface area contributed by atoms with Crippen molar-refractivity contribution in [2.75, 3.05) is 0 Å². The van der Waals surface area contributed by atoms with E-state index in [0.717, 1.165) is 10.9 Å². The number of aryl methyl sites for hydroxylation is 1. The maximum absolute atomic E-state index is 12.5. The molecule has 0 amide bonds. The molecule has 2 aromatic carbocycles. The van der Waals surface area contributed by atoms with Gasteiger partial charge in [-0.3, -0.25) is 10.1 Å². The molecule has 0 aliphatic rings. The molecule has 8 nitrogen and oxygen atoms in total. The molecule has 2 atom stereocenters. The van der Waals surface area contributed by atoms with Gasteiger partial charge in [0.15, 0.2) is 5.75 Å². The van der Waals surface area contributed by atoms with Gasteiger partial charge in [-0.2, -0.15) is 0 Å². The monoisotopic (exact) mass is 402 g/mol. The van der Waals surface area contributed by atoms with Gasteiger partial charge in [-0.25, -0.2) is 0 Å². The molecule has 0 bridgehead atoms. The lowest BCUT2D eigenvalue weighted by atomic mass is 9.77. The quantitative estimate of drug-likeness (QED) is 0.227.